The number of fused-ring (bicyclic) bond motifs is 1. The van der Waals surface area contributed by atoms with E-state index in [2.05, 4.69) is 9.97 Å². The summed E-state index contributed by atoms with van der Waals surface area (Å²) in [4.78, 5) is 17.8. The van der Waals surface area contributed by atoms with Gasteiger partial charge in [0.05, 0.1) is 5.69 Å². The number of halogens is 2. The first-order chi connectivity index (χ1) is 6.16. The SMILES string of the molecule is O=c1[nH]c(Cl)nc2c1CCC(Cl)=C2. The Balaban J connectivity index is 2.68. The second kappa shape index (κ2) is 3.16. The number of aromatic nitrogens is 2. The molecule has 0 atom stereocenters. The van der Waals surface area contributed by atoms with Crippen LogP contribution >= 0.6 is 23.2 Å². The van der Waals surface area contributed by atoms with E-state index in [1.165, 1.54) is 0 Å². The Hall–Kier alpha value is -0.800. The minimum absolute atomic E-state index is 0.103. The molecule has 2 rings (SSSR count). The molecule has 0 aromatic carbocycles. The molecule has 0 saturated carbocycles. The standard InChI is InChI=1S/C8H6Cl2N2O/c9-4-1-2-5-6(3-4)11-8(10)12-7(5)13/h3H,1-2H2,(H,11,12,13). The van der Waals surface area contributed by atoms with Crippen molar-refractivity contribution in [2.75, 3.05) is 0 Å². The third kappa shape index (κ3) is 1.62. The third-order valence-corrected chi connectivity index (χ3v) is 2.40. The highest BCUT2D eigenvalue weighted by molar-refractivity contribution is 6.31. The molecule has 0 aliphatic heterocycles. The van der Waals surface area contributed by atoms with Crippen LogP contribution in [0.15, 0.2) is 9.83 Å². The second-order valence-corrected chi connectivity index (χ2v) is 3.66. The zero-order valence-corrected chi connectivity index (χ0v) is 8.11. The first kappa shape index (κ1) is 8.78. The fourth-order valence-electron chi connectivity index (χ4n) is 1.31. The van der Waals surface area contributed by atoms with Gasteiger partial charge in [-0.1, -0.05) is 11.6 Å². The molecule has 0 radical (unpaired) electrons. The van der Waals surface area contributed by atoms with Crippen LogP contribution in [-0.2, 0) is 6.42 Å². The Labute approximate surface area is 84.4 Å². The monoisotopic (exact) mass is 216 g/mol. The van der Waals surface area contributed by atoms with Crippen molar-refractivity contribution >= 4 is 29.3 Å². The van der Waals surface area contributed by atoms with E-state index < -0.39 is 0 Å². The van der Waals surface area contributed by atoms with E-state index in [4.69, 9.17) is 23.2 Å². The fourth-order valence-corrected chi connectivity index (χ4v) is 1.69. The van der Waals surface area contributed by atoms with Gasteiger partial charge in [-0.15, -0.1) is 0 Å². The summed E-state index contributed by atoms with van der Waals surface area (Å²) >= 11 is 11.4. The Morgan fingerprint density at radius 2 is 2.15 bits per heavy atom. The van der Waals surface area contributed by atoms with Gasteiger partial charge in [0.25, 0.3) is 5.56 Å². The fraction of sp³-hybridized carbons (Fsp3) is 0.250. The molecule has 3 nitrogen and oxygen atoms in total. The number of H-pyrrole nitrogens is 1. The molecule has 1 N–H and O–H groups in total. The molecule has 0 amide bonds. The van der Waals surface area contributed by atoms with Crippen molar-refractivity contribution < 1.29 is 0 Å². The minimum Gasteiger partial charge on any atom is -0.297 e. The third-order valence-electron chi connectivity index (χ3n) is 1.93. The smallest absolute Gasteiger partial charge is 0.255 e. The Morgan fingerprint density at radius 3 is 2.92 bits per heavy atom. The summed E-state index contributed by atoms with van der Waals surface area (Å²) in [5.41, 5.74) is 1.08. The predicted molar refractivity (Wildman–Crippen MR) is 52.0 cm³/mol. The number of hydrogen-bond acceptors (Lipinski definition) is 2. The van der Waals surface area contributed by atoms with Gasteiger partial charge in [-0.2, -0.15) is 0 Å². The van der Waals surface area contributed by atoms with Gasteiger partial charge in [-0.05, 0) is 30.5 Å². The molecular formula is C8H6Cl2N2O. The van der Waals surface area contributed by atoms with Crippen LogP contribution in [0.2, 0.25) is 5.28 Å². The van der Waals surface area contributed by atoms with Gasteiger partial charge in [0.15, 0.2) is 0 Å². The van der Waals surface area contributed by atoms with Crippen molar-refractivity contribution in [2.24, 2.45) is 0 Å². The van der Waals surface area contributed by atoms with Crippen LogP contribution in [0.1, 0.15) is 17.7 Å². The first-order valence-electron chi connectivity index (χ1n) is 3.81. The van der Waals surface area contributed by atoms with Crippen molar-refractivity contribution in [3.63, 3.8) is 0 Å². The van der Waals surface area contributed by atoms with Gasteiger partial charge < -0.3 is 0 Å². The van der Waals surface area contributed by atoms with Gasteiger partial charge >= 0.3 is 0 Å². The maximum Gasteiger partial charge on any atom is 0.255 e. The van der Waals surface area contributed by atoms with Crippen LogP contribution < -0.4 is 5.56 Å². The van der Waals surface area contributed by atoms with E-state index in [1.807, 2.05) is 0 Å². The lowest BCUT2D eigenvalue weighted by atomic mass is 10.0. The summed E-state index contributed by atoms with van der Waals surface area (Å²) in [5, 5.41) is 0.813. The van der Waals surface area contributed by atoms with E-state index in [0.29, 0.717) is 29.1 Å². The molecule has 13 heavy (non-hydrogen) atoms. The Kier molecular flexibility index (Phi) is 2.14. The molecule has 0 unspecified atom stereocenters. The molecule has 1 aliphatic rings. The topological polar surface area (TPSA) is 45.8 Å². The molecule has 1 aromatic rings. The summed E-state index contributed by atoms with van der Waals surface area (Å²) in [6.07, 6.45) is 3.01. The highest BCUT2D eigenvalue weighted by Gasteiger charge is 2.14. The van der Waals surface area contributed by atoms with E-state index in [-0.39, 0.29) is 10.8 Å². The first-order valence-corrected chi connectivity index (χ1v) is 4.57. The quantitative estimate of drug-likeness (QED) is 0.675. The molecule has 1 heterocycles. The largest absolute Gasteiger partial charge is 0.297 e. The van der Waals surface area contributed by atoms with E-state index in [0.717, 1.165) is 0 Å². The maximum atomic E-state index is 11.3. The lowest BCUT2D eigenvalue weighted by Gasteiger charge is -2.09. The van der Waals surface area contributed by atoms with Gasteiger partial charge in [-0.25, -0.2) is 4.98 Å². The van der Waals surface area contributed by atoms with Crippen molar-refractivity contribution in [3.8, 4) is 0 Å². The summed E-state index contributed by atoms with van der Waals surface area (Å²) < 4.78 is 0. The molecule has 1 aromatic heterocycles. The van der Waals surface area contributed by atoms with Gasteiger partial charge in [0, 0.05) is 10.6 Å². The van der Waals surface area contributed by atoms with Crippen molar-refractivity contribution in [3.05, 3.63) is 31.9 Å². The molecule has 0 spiro atoms. The normalized spacial score (nSPS) is 15.1. The number of allylic oxidation sites excluding steroid dienone is 1. The predicted octanol–water partition coefficient (Wildman–Crippen LogP) is 1.95. The molecule has 0 saturated heterocycles. The highest BCUT2D eigenvalue weighted by Crippen LogP contribution is 2.22. The lowest BCUT2D eigenvalue weighted by Crippen LogP contribution is -2.18. The summed E-state index contributed by atoms with van der Waals surface area (Å²) in [6, 6.07) is 0. The Morgan fingerprint density at radius 1 is 1.38 bits per heavy atom. The average Bonchev–Trinajstić information content (AvgIpc) is 2.02. The van der Waals surface area contributed by atoms with Crippen LogP contribution in [-0.4, -0.2) is 9.97 Å². The minimum atomic E-state index is -0.171. The summed E-state index contributed by atoms with van der Waals surface area (Å²) in [5.74, 6) is 0. The number of nitrogens with one attached hydrogen (secondary N) is 1. The highest BCUT2D eigenvalue weighted by atomic mass is 35.5. The van der Waals surface area contributed by atoms with E-state index in [1.54, 1.807) is 6.08 Å². The van der Waals surface area contributed by atoms with E-state index >= 15 is 0 Å². The van der Waals surface area contributed by atoms with Crippen LogP contribution in [0.25, 0.3) is 6.08 Å². The Bertz CT molecular complexity index is 436. The van der Waals surface area contributed by atoms with E-state index in [9.17, 15) is 4.79 Å². The zero-order valence-electron chi connectivity index (χ0n) is 6.60. The molecule has 68 valence electrons. The van der Waals surface area contributed by atoms with Crippen molar-refractivity contribution in [1.29, 1.82) is 0 Å². The number of rotatable bonds is 0. The van der Waals surface area contributed by atoms with Crippen LogP contribution in [0, 0.1) is 0 Å². The zero-order chi connectivity index (χ0) is 9.42. The molecule has 1 aliphatic carbocycles. The second-order valence-electron chi connectivity index (χ2n) is 2.81. The molecular weight excluding hydrogens is 211 g/mol. The maximum absolute atomic E-state index is 11.3. The number of hydrogen-bond donors (Lipinski definition) is 1. The molecule has 0 bridgehead atoms. The van der Waals surface area contributed by atoms with Crippen LogP contribution in [0.3, 0.4) is 0 Å². The van der Waals surface area contributed by atoms with Gasteiger partial charge in [-0.3, -0.25) is 9.78 Å². The van der Waals surface area contributed by atoms with Crippen LogP contribution in [0.5, 0.6) is 0 Å². The summed E-state index contributed by atoms with van der Waals surface area (Å²) in [7, 11) is 0. The lowest BCUT2D eigenvalue weighted by molar-refractivity contribution is 0.906. The number of aromatic amines is 1. The number of nitrogens with zero attached hydrogens (tertiary/aromatic N) is 1. The van der Waals surface area contributed by atoms with Crippen LogP contribution in [0.4, 0.5) is 0 Å². The summed E-state index contributed by atoms with van der Waals surface area (Å²) in [6.45, 7) is 0. The molecule has 0 fully saturated rings. The van der Waals surface area contributed by atoms with Gasteiger partial charge in [0.2, 0.25) is 5.28 Å². The molecule has 5 heteroatoms. The van der Waals surface area contributed by atoms with Crippen molar-refractivity contribution in [2.45, 2.75) is 12.8 Å². The van der Waals surface area contributed by atoms with Crippen molar-refractivity contribution in [1.82, 2.24) is 9.97 Å². The average molecular weight is 217 g/mol. The van der Waals surface area contributed by atoms with Gasteiger partial charge in [0.1, 0.15) is 0 Å².